The molecule has 38 N–H and O–H groups in total. The number of aliphatic hydroxyl groups excluding tert-OH is 34. The van der Waals surface area contributed by atoms with Gasteiger partial charge in [-0.25, -0.2) is 0 Å². The summed E-state index contributed by atoms with van der Waals surface area (Å²) in [4.78, 5) is 31.2. The molecule has 92 heavy (non-hydrogen) atoms. The summed E-state index contributed by atoms with van der Waals surface area (Å²) < 4.78 is 9.50. The molecule has 2 aliphatic rings. The number of ether oxygens (including phenoxy) is 2. The fraction of sp³-hybridized carbons (Fsp3) is 0.898. The van der Waals surface area contributed by atoms with E-state index in [0.717, 1.165) is 6.92 Å². The summed E-state index contributed by atoms with van der Waals surface area (Å²) >= 11 is 0. The molecule has 2 aliphatic heterocycles. The van der Waals surface area contributed by atoms with Crippen LogP contribution in [0.3, 0.4) is 0 Å². The van der Waals surface area contributed by atoms with Crippen LogP contribution in [0.15, 0.2) is 11.5 Å². The maximum Gasteiger partial charge on any atom is 0.219 e. The first-order chi connectivity index (χ1) is 41.7. The van der Waals surface area contributed by atoms with Gasteiger partial charge in [0, 0.05) is 0 Å². The van der Waals surface area contributed by atoms with Gasteiger partial charge in [0.05, 0.1) is 62.5 Å². The molecule has 0 amide bonds. The number of aliphatic hydroxyl groups is 38. The minimum absolute atomic E-state index is 0.0304. The van der Waals surface area contributed by atoms with Gasteiger partial charge in [0.25, 0.3) is 0 Å². The van der Waals surface area contributed by atoms with Crippen LogP contribution >= 0.6 is 0 Å². The first kappa shape index (κ1) is 97.5. The summed E-state index contributed by atoms with van der Waals surface area (Å²) in [5.74, 6) is -11.1. The third-order valence-electron chi connectivity index (χ3n) is 12.8. The van der Waals surface area contributed by atoms with E-state index < -0.39 is 251 Å². The zero-order chi connectivity index (χ0) is 74.3. The standard InChI is InChI=1S/C7H16O7.6C7H14O6/c1-3(9)4(10)5(11)6(12)7(13,14)2-8;1-3(9)5-4(10)6(11)7(12,2-8)13-5;1-3-4(9)5(10)6(11)7(12,2-8)13-3;4*1-3(9)5(11)7(13)6(12)4(10)2-8/h3-6,8-14H,2H2,1H3;2*3-6,8-12H,2H2,1H3;3,5,7-13H,2H2,1H3;2*3,5-9,11-13H,2H2,1H3;2-7,9-13H,1H3/b;;;6-4+;;;/t;3-,4-,5-,6+,7?;;;3-,5-,6-,7-;;/m.1..1../s1. The van der Waals surface area contributed by atoms with Crippen LogP contribution in [0.1, 0.15) is 48.5 Å². The lowest BCUT2D eigenvalue weighted by Gasteiger charge is -2.43. The van der Waals surface area contributed by atoms with Gasteiger partial charge in [-0.15, -0.1) is 0 Å². The molecule has 2 rings (SSSR count). The molecule has 0 aromatic rings. The highest BCUT2D eigenvalue weighted by Crippen LogP contribution is 2.31. The van der Waals surface area contributed by atoms with E-state index in [4.69, 9.17) is 168 Å². The maximum absolute atomic E-state index is 10.6. The quantitative estimate of drug-likeness (QED) is 0.0206. The zero-order valence-electron chi connectivity index (χ0n) is 50.5. The molecule has 0 aromatic carbocycles. The second kappa shape index (κ2) is 46.1. The van der Waals surface area contributed by atoms with Crippen molar-refractivity contribution in [1.82, 2.24) is 0 Å². The maximum atomic E-state index is 10.6. The van der Waals surface area contributed by atoms with Crippen LogP contribution in [0.5, 0.6) is 0 Å². The molecule has 2 heterocycles. The minimum atomic E-state index is -2.92. The Labute approximate surface area is 522 Å². The summed E-state index contributed by atoms with van der Waals surface area (Å²) in [7, 11) is 0. The third-order valence-corrected chi connectivity index (χ3v) is 12.8. The van der Waals surface area contributed by atoms with E-state index in [1.165, 1.54) is 41.5 Å². The van der Waals surface area contributed by atoms with Crippen LogP contribution in [-0.4, -0.2) is 440 Å². The van der Waals surface area contributed by atoms with Crippen molar-refractivity contribution >= 4 is 17.9 Å². The Hall–Kier alpha value is -3.17. The monoisotopic (exact) mass is 1380 g/mol. The number of ketones is 2. The number of aldehydes is 1. The van der Waals surface area contributed by atoms with Crippen molar-refractivity contribution in [1.29, 1.82) is 0 Å². The van der Waals surface area contributed by atoms with Gasteiger partial charge in [-0.05, 0) is 48.5 Å². The lowest BCUT2D eigenvalue weighted by atomic mass is 9.93. The highest BCUT2D eigenvalue weighted by atomic mass is 16.7. The summed E-state index contributed by atoms with van der Waals surface area (Å²) in [5, 5.41) is 340. The van der Waals surface area contributed by atoms with Crippen LogP contribution in [-0.2, 0) is 23.9 Å². The van der Waals surface area contributed by atoms with E-state index in [1.807, 2.05) is 0 Å². The number of carbonyl (C=O) groups is 3. The van der Waals surface area contributed by atoms with E-state index in [0.29, 0.717) is 0 Å². The summed E-state index contributed by atoms with van der Waals surface area (Å²) in [6.07, 6.45) is -43.8. The zero-order valence-corrected chi connectivity index (χ0v) is 50.5. The van der Waals surface area contributed by atoms with Crippen molar-refractivity contribution in [2.75, 3.05) is 39.6 Å². The molecule has 0 bridgehead atoms. The highest BCUT2D eigenvalue weighted by molar-refractivity contribution is 5.84. The molecule has 0 aliphatic carbocycles. The molecular formula is C49H100O43. The summed E-state index contributed by atoms with van der Waals surface area (Å²) in [6.45, 7) is 3.12. The van der Waals surface area contributed by atoms with Crippen molar-refractivity contribution < 1.29 is 218 Å². The van der Waals surface area contributed by atoms with E-state index in [2.05, 4.69) is 0 Å². The average molecular weight is 1380 g/mol. The topological polar surface area (TPSA) is 838 Å². The van der Waals surface area contributed by atoms with Crippen LogP contribution in [0.25, 0.3) is 0 Å². The average Bonchev–Trinajstić information content (AvgIpc) is 1.78. The normalized spacial score (nSPS) is 29.3. The predicted octanol–water partition coefficient (Wildman–Crippen LogP) is -20.1. The second-order valence-electron chi connectivity index (χ2n) is 20.8. The SMILES string of the molecule is CC(O)C(O)C(O)/C(O)=C(\O)CO.CC(O)C(O)C(O)C(O)C(=O)CO.CC(O)C(O)C(O)C(O)C(O)(O)CO.CC(O)C(O)C(O)C(O)C(O)C=O.CC1OC(O)(CO)C(O)C(O)C1O.C[C@@H](O)[C@@H](O)[C@@H](O)[C@H](O)C(=O)CO.C[C@@H](O)[C@H]1OC(O)(CO)[C@@H](O)[C@@H]1O. The van der Waals surface area contributed by atoms with E-state index in [-0.39, 0.29) is 6.29 Å². The molecule has 2 saturated heterocycles. The van der Waals surface area contributed by atoms with Gasteiger partial charge in [-0.2, -0.15) is 0 Å². The molecule has 30 atom stereocenters. The number of rotatable bonds is 27. The fourth-order valence-corrected chi connectivity index (χ4v) is 6.46. The Morgan fingerprint density at radius 3 is 1.04 bits per heavy atom. The van der Waals surface area contributed by atoms with Crippen molar-refractivity contribution in [3.63, 3.8) is 0 Å². The Morgan fingerprint density at radius 2 is 0.772 bits per heavy atom. The Kier molecular flexibility index (Phi) is 48.9. The Balaban J connectivity index is -0.000000320. The third kappa shape index (κ3) is 31.8. The van der Waals surface area contributed by atoms with E-state index >= 15 is 0 Å². The number of carbonyl (C=O) groups excluding carboxylic acids is 3. The molecular weight excluding hydrogens is 1280 g/mol. The molecule has 43 nitrogen and oxygen atoms in total. The summed E-state index contributed by atoms with van der Waals surface area (Å²) in [5.41, 5.74) is 0. The lowest BCUT2D eigenvalue weighted by molar-refractivity contribution is -0.351. The van der Waals surface area contributed by atoms with Gasteiger partial charge in [-0.1, -0.05) is 0 Å². The largest absolute Gasteiger partial charge is 0.506 e. The fourth-order valence-electron chi connectivity index (χ4n) is 6.46. The van der Waals surface area contributed by atoms with Crippen molar-refractivity contribution in [2.45, 2.75) is 237 Å². The van der Waals surface area contributed by atoms with Gasteiger partial charge in [0.2, 0.25) is 17.4 Å². The van der Waals surface area contributed by atoms with Gasteiger partial charge >= 0.3 is 0 Å². The molecule has 554 valence electrons. The molecule has 2 fully saturated rings. The van der Waals surface area contributed by atoms with Crippen molar-refractivity contribution in [2.24, 2.45) is 0 Å². The minimum Gasteiger partial charge on any atom is -0.506 e. The number of Topliss-reactive ketones (excluding diaryl/α,β-unsaturated/α-hetero) is 2. The molecule has 22 unspecified atom stereocenters. The Morgan fingerprint density at radius 1 is 0.446 bits per heavy atom. The van der Waals surface area contributed by atoms with Crippen LogP contribution in [0.2, 0.25) is 0 Å². The molecule has 0 spiro atoms. The lowest BCUT2D eigenvalue weighted by Crippen LogP contribution is -2.65. The van der Waals surface area contributed by atoms with Crippen molar-refractivity contribution in [3.8, 4) is 0 Å². The number of hydrogen-bond donors (Lipinski definition) is 38. The first-order valence-corrected chi connectivity index (χ1v) is 27.0. The van der Waals surface area contributed by atoms with E-state index in [9.17, 15) is 50.1 Å². The molecule has 43 heteroatoms. The molecule has 0 aromatic heterocycles. The second-order valence-corrected chi connectivity index (χ2v) is 20.8. The van der Waals surface area contributed by atoms with E-state index in [1.54, 1.807) is 0 Å². The summed E-state index contributed by atoms with van der Waals surface area (Å²) in [6, 6.07) is 0. The number of hydrogen-bond acceptors (Lipinski definition) is 43. The van der Waals surface area contributed by atoms with Gasteiger partial charge in [-0.3, -0.25) is 9.59 Å². The highest BCUT2D eigenvalue weighted by Gasteiger charge is 2.55. The predicted molar refractivity (Wildman–Crippen MR) is 294 cm³/mol. The van der Waals surface area contributed by atoms with Gasteiger partial charge in [0.1, 0.15) is 148 Å². The molecule has 0 radical (unpaired) electrons. The van der Waals surface area contributed by atoms with Crippen LogP contribution < -0.4 is 0 Å². The van der Waals surface area contributed by atoms with Gasteiger partial charge < -0.3 is 208 Å². The molecule has 0 saturated carbocycles. The smallest absolute Gasteiger partial charge is 0.219 e. The van der Waals surface area contributed by atoms with Gasteiger partial charge in [0.15, 0.2) is 29.4 Å². The Bertz CT molecular complexity index is 1950. The first-order valence-electron chi connectivity index (χ1n) is 27.0. The van der Waals surface area contributed by atoms with Crippen molar-refractivity contribution in [3.05, 3.63) is 11.5 Å². The van der Waals surface area contributed by atoms with Crippen LogP contribution in [0.4, 0.5) is 0 Å². The van der Waals surface area contributed by atoms with Crippen LogP contribution in [0, 0.1) is 0 Å².